The minimum Gasteiger partial charge on any atom is -0.355 e. The molecule has 6 aromatic rings. The number of para-hydroxylation sites is 4. The molecule has 8 rings (SSSR count). The van der Waals surface area contributed by atoms with Crippen LogP contribution in [0.5, 0.6) is 0 Å². The molecule has 0 radical (unpaired) electrons. The summed E-state index contributed by atoms with van der Waals surface area (Å²) < 4.78 is 0. The van der Waals surface area contributed by atoms with Crippen LogP contribution >= 0.6 is 0 Å². The number of anilines is 7. The molecule has 0 aliphatic carbocycles. The molecule has 2 heterocycles. The van der Waals surface area contributed by atoms with Crippen LogP contribution in [0, 0.1) is 20.8 Å². The molecule has 0 saturated carbocycles. The van der Waals surface area contributed by atoms with Gasteiger partial charge in [-0.15, -0.1) is 0 Å². The van der Waals surface area contributed by atoms with E-state index in [9.17, 15) is 0 Å². The normalized spacial score (nSPS) is 13.7. The fraction of sp³-hybridized carbons (Fsp3) is 0.143. The van der Waals surface area contributed by atoms with Gasteiger partial charge in [0.25, 0.3) is 0 Å². The van der Waals surface area contributed by atoms with Gasteiger partial charge in [0, 0.05) is 29.5 Å². The zero-order chi connectivity index (χ0) is 31.4. The SMILES string of the molecule is Cc1c(C)c(-c2ccccc2)c(N2CN(c3cccc(N4CN(C)c5ccccc54)c3)c3ccccc32)c(-c2ccccc2)c1C. The smallest absolute Gasteiger partial charge is 0.100 e. The maximum atomic E-state index is 2.55. The Labute approximate surface area is 272 Å². The fourth-order valence-corrected chi connectivity index (χ4v) is 7.38. The maximum absolute atomic E-state index is 2.55. The minimum absolute atomic E-state index is 0.709. The first-order chi connectivity index (χ1) is 22.5. The number of rotatable bonds is 5. The van der Waals surface area contributed by atoms with E-state index in [0.717, 1.165) is 6.67 Å². The molecule has 46 heavy (non-hydrogen) atoms. The molecular formula is C42H38N4. The zero-order valence-corrected chi connectivity index (χ0v) is 26.9. The lowest BCUT2D eigenvalue weighted by Gasteiger charge is -2.31. The molecule has 0 unspecified atom stereocenters. The Kier molecular flexibility index (Phi) is 6.79. The number of hydrogen-bond acceptors (Lipinski definition) is 4. The summed E-state index contributed by atoms with van der Waals surface area (Å²) in [6, 6.07) is 48.4. The zero-order valence-electron chi connectivity index (χ0n) is 26.9. The van der Waals surface area contributed by atoms with E-state index in [1.165, 1.54) is 78.8 Å². The van der Waals surface area contributed by atoms with E-state index < -0.39 is 0 Å². The van der Waals surface area contributed by atoms with Gasteiger partial charge in [-0.3, -0.25) is 0 Å². The van der Waals surface area contributed by atoms with Crippen molar-refractivity contribution in [2.75, 3.05) is 40.0 Å². The van der Waals surface area contributed by atoms with Gasteiger partial charge in [0.2, 0.25) is 0 Å². The van der Waals surface area contributed by atoms with Crippen LogP contribution in [0.25, 0.3) is 22.3 Å². The summed E-state index contributed by atoms with van der Waals surface area (Å²) >= 11 is 0. The van der Waals surface area contributed by atoms with Crippen LogP contribution in [0.1, 0.15) is 16.7 Å². The van der Waals surface area contributed by atoms with Crippen LogP contribution in [-0.2, 0) is 0 Å². The van der Waals surface area contributed by atoms with Crippen LogP contribution in [0.3, 0.4) is 0 Å². The van der Waals surface area contributed by atoms with Gasteiger partial charge in [-0.1, -0.05) is 91.0 Å². The van der Waals surface area contributed by atoms with Crippen LogP contribution < -0.4 is 19.6 Å². The molecule has 0 N–H and O–H groups in total. The van der Waals surface area contributed by atoms with Gasteiger partial charge < -0.3 is 19.6 Å². The highest BCUT2D eigenvalue weighted by atomic mass is 15.4. The Bertz CT molecular complexity index is 2000. The molecule has 0 saturated heterocycles. The maximum Gasteiger partial charge on any atom is 0.100 e. The highest BCUT2D eigenvalue weighted by molar-refractivity contribution is 6.01. The molecule has 0 atom stereocenters. The molecule has 226 valence electrons. The van der Waals surface area contributed by atoms with Crippen molar-refractivity contribution < 1.29 is 0 Å². The van der Waals surface area contributed by atoms with Gasteiger partial charge in [0.05, 0.1) is 35.1 Å². The van der Waals surface area contributed by atoms with E-state index in [2.05, 4.69) is 181 Å². The first kappa shape index (κ1) is 28.0. The Morgan fingerprint density at radius 2 is 0.848 bits per heavy atom. The minimum atomic E-state index is 0.709. The van der Waals surface area contributed by atoms with E-state index in [0.29, 0.717) is 6.67 Å². The first-order valence-electron chi connectivity index (χ1n) is 16.1. The van der Waals surface area contributed by atoms with Gasteiger partial charge in [-0.25, -0.2) is 0 Å². The second-order valence-electron chi connectivity index (χ2n) is 12.5. The summed E-state index contributed by atoms with van der Waals surface area (Å²) in [4.78, 5) is 9.74. The van der Waals surface area contributed by atoms with Crippen molar-refractivity contribution in [2.24, 2.45) is 0 Å². The average Bonchev–Trinajstić information content (AvgIpc) is 3.66. The van der Waals surface area contributed by atoms with Crippen LogP contribution in [0.15, 0.2) is 133 Å². The molecule has 0 spiro atoms. The Morgan fingerprint density at radius 3 is 1.39 bits per heavy atom. The molecule has 0 bridgehead atoms. The van der Waals surface area contributed by atoms with E-state index in [1.54, 1.807) is 0 Å². The van der Waals surface area contributed by atoms with E-state index in [-0.39, 0.29) is 0 Å². The number of benzene rings is 6. The quantitative estimate of drug-likeness (QED) is 0.196. The number of fused-ring (bicyclic) bond motifs is 2. The van der Waals surface area contributed by atoms with Crippen molar-refractivity contribution in [3.05, 3.63) is 150 Å². The third-order valence-electron chi connectivity index (χ3n) is 9.88. The summed E-state index contributed by atoms with van der Waals surface area (Å²) in [5, 5.41) is 0. The largest absolute Gasteiger partial charge is 0.355 e. The van der Waals surface area contributed by atoms with Gasteiger partial charge in [0.15, 0.2) is 0 Å². The monoisotopic (exact) mass is 598 g/mol. The topological polar surface area (TPSA) is 13.0 Å². The van der Waals surface area contributed by atoms with Gasteiger partial charge in [0.1, 0.15) is 6.67 Å². The molecule has 4 nitrogen and oxygen atoms in total. The molecule has 2 aliphatic heterocycles. The summed E-state index contributed by atoms with van der Waals surface area (Å²) in [6.45, 7) is 8.39. The van der Waals surface area contributed by atoms with Gasteiger partial charge >= 0.3 is 0 Å². The van der Waals surface area contributed by atoms with Crippen molar-refractivity contribution in [1.29, 1.82) is 0 Å². The van der Waals surface area contributed by atoms with Gasteiger partial charge in [-0.05, 0) is 91.1 Å². The van der Waals surface area contributed by atoms with Gasteiger partial charge in [-0.2, -0.15) is 0 Å². The lowest BCUT2D eigenvalue weighted by atomic mass is 9.85. The van der Waals surface area contributed by atoms with Crippen molar-refractivity contribution in [3.63, 3.8) is 0 Å². The summed E-state index contributed by atoms with van der Waals surface area (Å²) in [5.41, 5.74) is 17.7. The van der Waals surface area contributed by atoms with Crippen LogP contribution in [0.2, 0.25) is 0 Å². The van der Waals surface area contributed by atoms with E-state index in [4.69, 9.17) is 0 Å². The molecule has 6 aromatic carbocycles. The molecule has 0 amide bonds. The number of hydrogen-bond donors (Lipinski definition) is 0. The van der Waals surface area contributed by atoms with Crippen molar-refractivity contribution in [2.45, 2.75) is 20.8 Å². The predicted molar refractivity (Wildman–Crippen MR) is 195 cm³/mol. The Hall–Kier alpha value is -5.48. The van der Waals surface area contributed by atoms with E-state index in [1.807, 2.05) is 0 Å². The van der Waals surface area contributed by atoms with Crippen LogP contribution in [0.4, 0.5) is 39.8 Å². The standard InChI is InChI=1S/C42H38N4/c1-29-30(2)40(32-16-7-5-8-17-32)42(41(31(29)3)33-18-9-6-10-19-33)46-28-45(38-24-13-14-25-39(38)46)35-21-15-20-34(26-35)44-27-43(4)36-22-11-12-23-37(36)44/h5-26H,27-28H2,1-4H3. The Morgan fingerprint density at radius 1 is 0.413 bits per heavy atom. The third-order valence-corrected chi connectivity index (χ3v) is 9.88. The molecule has 0 fully saturated rings. The Balaban J connectivity index is 1.30. The summed E-state index contributed by atoms with van der Waals surface area (Å²) in [7, 11) is 2.16. The molecule has 4 heteroatoms. The predicted octanol–water partition coefficient (Wildman–Crippen LogP) is 10.7. The van der Waals surface area contributed by atoms with Crippen molar-refractivity contribution in [1.82, 2.24) is 0 Å². The lowest BCUT2D eigenvalue weighted by molar-refractivity contribution is 0.947. The van der Waals surface area contributed by atoms with Crippen molar-refractivity contribution >= 4 is 39.8 Å². The first-order valence-corrected chi connectivity index (χ1v) is 16.1. The second kappa shape index (κ2) is 11.1. The lowest BCUT2D eigenvalue weighted by Crippen LogP contribution is -2.26. The second-order valence-corrected chi connectivity index (χ2v) is 12.5. The summed E-state index contributed by atoms with van der Waals surface area (Å²) in [6.07, 6.45) is 0. The highest BCUT2D eigenvalue weighted by Crippen LogP contribution is 2.53. The third kappa shape index (κ3) is 4.44. The van der Waals surface area contributed by atoms with Crippen LogP contribution in [-0.4, -0.2) is 20.4 Å². The summed E-state index contributed by atoms with van der Waals surface area (Å²) in [5.74, 6) is 0. The van der Waals surface area contributed by atoms with E-state index >= 15 is 0 Å². The fourth-order valence-electron chi connectivity index (χ4n) is 7.38. The highest BCUT2D eigenvalue weighted by Gasteiger charge is 2.33. The van der Waals surface area contributed by atoms with Crippen molar-refractivity contribution in [3.8, 4) is 22.3 Å². The average molecular weight is 599 g/mol. The molecule has 2 aliphatic rings. The molecular weight excluding hydrogens is 560 g/mol. The molecule has 0 aromatic heterocycles. The number of nitrogens with zero attached hydrogens (tertiary/aromatic N) is 4.